The van der Waals surface area contributed by atoms with Crippen molar-refractivity contribution >= 4 is 17.1 Å². The summed E-state index contributed by atoms with van der Waals surface area (Å²) in [7, 11) is 0. The van der Waals surface area contributed by atoms with Crippen molar-refractivity contribution in [1.82, 2.24) is 0 Å². The third-order valence-corrected chi connectivity index (χ3v) is 3.44. The number of hydrogen-bond acceptors (Lipinski definition) is 1. The molecule has 0 aliphatic rings. The molecule has 0 spiro atoms. The first-order valence-corrected chi connectivity index (χ1v) is 7.94. The summed E-state index contributed by atoms with van der Waals surface area (Å²) in [5, 5.41) is 4.68. The number of allylic oxidation sites excluding steroid dienone is 2. The van der Waals surface area contributed by atoms with Gasteiger partial charge in [-0.15, -0.1) is 5.69 Å². The summed E-state index contributed by atoms with van der Waals surface area (Å²) in [5.74, 6) is 0. The zero-order valence-corrected chi connectivity index (χ0v) is 14.9. The number of hydrogen-bond donors (Lipinski definition) is 0. The minimum atomic E-state index is 0.959. The van der Waals surface area contributed by atoms with E-state index >= 15 is 0 Å². The van der Waals surface area contributed by atoms with Gasteiger partial charge in [0.15, 0.2) is 0 Å². The maximum atomic E-state index is 4.68. The van der Waals surface area contributed by atoms with Gasteiger partial charge in [0.05, 0.1) is 5.69 Å². The summed E-state index contributed by atoms with van der Waals surface area (Å²) in [4.78, 5) is 4.68. The molecular weight excluding hydrogens is 280 g/mol. The lowest BCUT2D eigenvalue weighted by Gasteiger charge is -2.24. The third-order valence-electron chi connectivity index (χ3n) is 3.44. The van der Waals surface area contributed by atoms with Crippen molar-refractivity contribution in [3.63, 3.8) is 0 Å². The van der Waals surface area contributed by atoms with Gasteiger partial charge >= 0.3 is 0 Å². The molecule has 0 aromatic heterocycles. The molecule has 0 unspecified atom stereocenters. The maximum absolute atomic E-state index is 4.68. The van der Waals surface area contributed by atoms with Gasteiger partial charge in [0.25, 0.3) is 0 Å². The van der Waals surface area contributed by atoms with Crippen molar-refractivity contribution in [2.75, 3.05) is 0 Å². The highest BCUT2D eigenvalue weighted by molar-refractivity contribution is 5.95. The van der Waals surface area contributed by atoms with Crippen molar-refractivity contribution in [1.29, 1.82) is 0 Å². The molecule has 0 heterocycles. The topological polar surface area (TPSA) is 26.5 Å². The summed E-state index contributed by atoms with van der Waals surface area (Å²) in [5.41, 5.74) is 8.84. The molecule has 0 atom stereocenters. The van der Waals surface area contributed by atoms with Crippen molar-refractivity contribution in [2.24, 2.45) is 4.99 Å². The van der Waals surface area contributed by atoms with Crippen LogP contribution in [0.2, 0.25) is 0 Å². The highest BCUT2D eigenvalue weighted by Gasteiger charge is 1.94. The second-order valence-electron chi connectivity index (χ2n) is 6.34. The zero-order chi connectivity index (χ0) is 17.0. The molecule has 0 aliphatic carbocycles. The molecule has 0 aliphatic heterocycles. The standard InChI is InChI=1S/C21H25N2/c1-14-7-15(2)10-20(9-14)22-18(5)13-19(6)23-21-11-16(3)8-17(4)12-21/h7-13H,1-6H3/q-1/b18-13+,23-19?. The normalized spacial score (nSPS) is 12.4. The van der Waals surface area contributed by atoms with E-state index in [0.717, 1.165) is 22.8 Å². The summed E-state index contributed by atoms with van der Waals surface area (Å²) >= 11 is 0. The van der Waals surface area contributed by atoms with Crippen molar-refractivity contribution in [2.45, 2.75) is 41.5 Å². The molecule has 2 heteroatoms. The molecule has 2 aromatic carbocycles. The lowest BCUT2D eigenvalue weighted by molar-refractivity contribution is 1.35. The van der Waals surface area contributed by atoms with Gasteiger partial charge in [-0.1, -0.05) is 48.4 Å². The van der Waals surface area contributed by atoms with E-state index in [1.807, 2.05) is 19.9 Å². The smallest absolute Gasteiger partial charge is 0.0638 e. The predicted octanol–water partition coefficient (Wildman–Crippen LogP) is 6.62. The molecule has 0 saturated heterocycles. The van der Waals surface area contributed by atoms with E-state index in [1.54, 1.807) is 0 Å². The summed E-state index contributed by atoms with van der Waals surface area (Å²) in [6.45, 7) is 12.4. The molecule has 2 rings (SSSR count). The van der Waals surface area contributed by atoms with Crippen LogP contribution in [-0.2, 0) is 0 Å². The Morgan fingerprint density at radius 3 is 1.78 bits per heavy atom. The van der Waals surface area contributed by atoms with Crippen LogP contribution in [0.1, 0.15) is 36.1 Å². The Hall–Kier alpha value is -2.35. The van der Waals surface area contributed by atoms with Gasteiger partial charge < -0.3 is 5.32 Å². The quantitative estimate of drug-likeness (QED) is 0.567. The van der Waals surface area contributed by atoms with E-state index in [4.69, 9.17) is 0 Å². The lowest BCUT2D eigenvalue weighted by Crippen LogP contribution is -1.87. The van der Waals surface area contributed by atoms with Gasteiger partial charge in [0.2, 0.25) is 0 Å². The average molecular weight is 305 g/mol. The highest BCUT2D eigenvalue weighted by Crippen LogP contribution is 2.26. The van der Waals surface area contributed by atoms with Crippen LogP contribution in [0.15, 0.2) is 53.2 Å². The fraction of sp³-hybridized carbons (Fsp3) is 0.286. The second-order valence-corrected chi connectivity index (χ2v) is 6.34. The van der Waals surface area contributed by atoms with Crippen molar-refractivity contribution < 1.29 is 0 Å². The fourth-order valence-electron chi connectivity index (χ4n) is 2.80. The van der Waals surface area contributed by atoms with Gasteiger partial charge in [0, 0.05) is 5.71 Å². The lowest BCUT2D eigenvalue weighted by atomic mass is 10.1. The van der Waals surface area contributed by atoms with E-state index in [2.05, 4.69) is 74.4 Å². The monoisotopic (exact) mass is 305 g/mol. The molecule has 0 bridgehead atoms. The number of nitrogens with zero attached hydrogens (tertiary/aromatic N) is 2. The second kappa shape index (κ2) is 7.28. The van der Waals surface area contributed by atoms with Gasteiger partial charge in [-0.2, -0.15) is 5.70 Å². The Morgan fingerprint density at radius 2 is 1.26 bits per heavy atom. The van der Waals surface area contributed by atoms with Crippen LogP contribution in [0, 0.1) is 27.7 Å². The molecule has 0 saturated carbocycles. The van der Waals surface area contributed by atoms with Crippen LogP contribution in [0.25, 0.3) is 5.32 Å². The summed E-state index contributed by atoms with van der Waals surface area (Å²) < 4.78 is 0. The first-order chi connectivity index (χ1) is 10.8. The highest BCUT2D eigenvalue weighted by atomic mass is 14.9. The van der Waals surface area contributed by atoms with E-state index in [-0.39, 0.29) is 0 Å². The first-order valence-electron chi connectivity index (χ1n) is 7.94. The van der Waals surface area contributed by atoms with Gasteiger partial charge in [0.1, 0.15) is 0 Å². The molecule has 2 nitrogen and oxygen atoms in total. The van der Waals surface area contributed by atoms with E-state index in [1.165, 1.54) is 22.3 Å². The summed E-state index contributed by atoms with van der Waals surface area (Å²) in [6, 6.07) is 12.7. The Balaban J connectivity index is 2.17. The molecule has 0 N–H and O–H groups in total. The van der Waals surface area contributed by atoms with Crippen LogP contribution in [0.4, 0.5) is 11.4 Å². The molecule has 0 radical (unpaired) electrons. The predicted molar refractivity (Wildman–Crippen MR) is 101 cm³/mol. The molecule has 2 aromatic rings. The van der Waals surface area contributed by atoms with Crippen LogP contribution >= 0.6 is 0 Å². The molecule has 120 valence electrons. The van der Waals surface area contributed by atoms with E-state index < -0.39 is 0 Å². The van der Waals surface area contributed by atoms with E-state index in [9.17, 15) is 0 Å². The number of aryl methyl sites for hydroxylation is 4. The number of benzene rings is 2. The SMILES string of the molecule is CC(/C=C(\C)[N-]c1cc(C)cc(C)c1)=Nc1cc(C)cc(C)c1. The van der Waals surface area contributed by atoms with Gasteiger partial charge in [-0.05, 0) is 57.9 Å². The Labute approximate surface area is 140 Å². The van der Waals surface area contributed by atoms with Crippen LogP contribution in [-0.4, -0.2) is 5.71 Å². The summed E-state index contributed by atoms with van der Waals surface area (Å²) in [6.07, 6.45) is 2.02. The Morgan fingerprint density at radius 1 is 0.783 bits per heavy atom. The van der Waals surface area contributed by atoms with Gasteiger partial charge in [-0.25, -0.2) is 0 Å². The Bertz CT molecular complexity index is 727. The Kier molecular flexibility index (Phi) is 5.38. The average Bonchev–Trinajstić information content (AvgIpc) is 2.34. The molecule has 0 amide bonds. The zero-order valence-electron chi connectivity index (χ0n) is 14.9. The fourth-order valence-corrected chi connectivity index (χ4v) is 2.80. The largest absolute Gasteiger partial charge is 0.661 e. The number of rotatable bonds is 4. The van der Waals surface area contributed by atoms with Crippen molar-refractivity contribution in [3.8, 4) is 0 Å². The molecule has 0 fully saturated rings. The van der Waals surface area contributed by atoms with Crippen molar-refractivity contribution in [3.05, 3.63) is 75.7 Å². The number of aliphatic imine (C=N–C) groups is 1. The molecular formula is C21H25N2-. The molecule has 23 heavy (non-hydrogen) atoms. The van der Waals surface area contributed by atoms with Crippen LogP contribution in [0.5, 0.6) is 0 Å². The minimum Gasteiger partial charge on any atom is -0.661 e. The first kappa shape index (κ1) is 17.0. The van der Waals surface area contributed by atoms with Gasteiger partial charge in [-0.3, -0.25) is 4.99 Å². The minimum absolute atomic E-state index is 0.959. The van der Waals surface area contributed by atoms with E-state index in [0.29, 0.717) is 0 Å². The van der Waals surface area contributed by atoms with Crippen LogP contribution in [0.3, 0.4) is 0 Å². The van der Waals surface area contributed by atoms with Crippen LogP contribution < -0.4 is 0 Å². The third kappa shape index (κ3) is 5.41. The maximum Gasteiger partial charge on any atom is 0.0638 e.